The van der Waals surface area contributed by atoms with E-state index in [1.54, 1.807) is 17.4 Å². The van der Waals surface area contributed by atoms with Gasteiger partial charge in [-0.05, 0) is 54.9 Å². The van der Waals surface area contributed by atoms with E-state index in [1.807, 2.05) is 17.5 Å². The molecule has 0 saturated carbocycles. The molecule has 114 valence electrons. The number of halogens is 2. The molecule has 0 fully saturated rings. The molecule has 0 aliphatic carbocycles. The van der Waals surface area contributed by atoms with Crippen LogP contribution in [0.4, 0.5) is 0 Å². The van der Waals surface area contributed by atoms with Crippen molar-refractivity contribution < 1.29 is 4.74 Å². The molecule has 0 radical (unpaired) electrons. The Morgan fingerprint density at radius 1 is 1.38 bits per heavy atom. The Morgan fingerprint density at radius 3 is 2.81 bits per heavy atom. The number of rotatable bonds is 5. The maximum atomic E-state index is 5.91. The van der Waals surface area contributed by atoms with Gasteiger partial charge >= 0.3 is 0 Å². The van der Waals surface area contributed by atoms with Crippen LogP contribution in [-0.2, 0) is 13.2 Å². The van der Waals surface area contributed by atoms with Gasteiger partial charge < -0.3 is 10.1 Å². The number of ether oxygens (including phenoxy) is 1. The molecule has 2 rings (SSSR count). The average molecular weight is 390 g/mol. The Bertz CT molecular complexity index is 610. The second-order valence-electron chi connectivity index (χ2n) is 5.70. The summed E-state index contributed by atoms with van der Waals surface area (Å²) in [5, 5.41) is 7.20. The highest BCUT2D eigenvalue weighted by Crippen LogP contribution is 2.28. The Balaban J connectivity index is 1.90. The largest absolute Gasteiger partial charge is 0.486 e. The molecule has 1 aromatic carbocycles. The van der Waals surface area contributed by atoms with E-state index in [2.05, 4.69) is 47.0 Å². The van der Waals surface area contributed by atoms with Crippen LogP contribution in [0.2, 0.25) is 5.02 Å². The highest BCUT2D eigenvalue weighted by atomic mass is 79.9. The van der Waals surface area contributed by atoms with Crippen molar-refractivity contribution >= 4 is 38.9 Å². The fourth-order valence-corrected chi connectivity index (χ4v) is 3.10. The van der Waals surface area contributed by atoms with Crippen LogP contribution in [0.5, 0.6) is 5.75 Å². The molecule has 0 saturated heterocycles. The maximum Gasteiger partial charge on any atom is 0.134 e. The molecule has 0 unspecified atom stereocenters. The normalized spacial score (nSPS) is 11.7. The Kier molecular flexibility index (Phi) is 5.66. The SMILES string of the molecule is CC(C)(C)NCc1nc(COc2ccc(Cl)cc2Br)cs1. The van der Waals surface area contributed by atoms with E-state index >= 15 is 0 Å². The Hall–Kier alpha value is -0.620. The summed E-state index contributed by atoms with van der Waals surface area (Å²) >= 11 is 11.0. The number of thiazole rings is 1. The van der Waals surface area contributed by atoms with Crippen LogP contribution in [0.25, 0.3) is 0 Å². The molecule has 0 amide bonds. The molecule has 2 aromatic rings. The molecule has 0 atom stereocenters. The molecule has 6 heteroatoms. The van der Waals surface area contributed by atoms with E-state index in [0.29, 0.717) is 11.6 Å². The van der Waals surface area contributed by atoms with Gasteiger partial charge in [0.05, 0.1) is 10.2 Å². The standard InChI is InChI=1S/C15H18BrClN2OS/c1-15(2,3)18-7-14-19-11(9-21-14)8-20-13-5-4-10(17)6-12(13)16/h4-6,9,18H,7-8H2,1-3H3. The predicted molar refractivity (Wildman–Crippen MR) is 92.2 cm³/mol. The van der Waals surface area contributed by atoms with Gasteiger partial charge in [-0.1, -0.05) is 11.6 Å². The third kappa shape index (κ3) is 5.58. The lowest BCUT2D eigenvalue weighted by molar-refractivity contribution is 0.300. The van der Waals surface area contributed by atoms with Crippen LogP contribution in [0.3, 0.4) is 0 Å². The van der Waals surface area contributed by atoms with E-state index in [9.17, 15) is 0 Å². The van der Waals surface area contributed by atoms with E-state index in [4.69, 9.17) is 16.3 Å². The van der Waals surface area contributed by atoms with Crippen molar-refractivity contribution in [3.8, 4) is 5.75 Å². The van der Waals surface area contributed by atoms with E-state index < -0.39 is 0 Å². The summed E-state index contributed by atoms with van der Waals surface area (Å²) in [7, 11) is 0. The third-order valence-electron chi connectivity index (χ3n) is 2.64. The number of nitrogens with zero attached hydrogens (tertiary/aromatic N) is 1. The minimum Gasteiger partial charge on any atom is -0.486 e. The number of aromatic nitrogens is 1. The monoisotopic (exact) mass is 388 g/mol. The van der Waals surface area contributed by atoms with Crippen molar-refractivity contribution in [1.82, 2.24) is 10.3 Å². The molecule has 1 aromatic heterocycles. The number of nitrogens with one attached hydrogen (secondary N) is 1. The maximum absolute atomic E-state index is 5.91. The highest BCUT2D eigenvalue weighted by Gasteiger charge is 2.11. The highest BCUT2D eigenvalue weighted by molar-refractivity contribution is 9.10. The quantitative estimate of drug-likeness (QED) is 0.779. The first-order chi connectivity index (χ1) is 9.83. The summed E-state index contributed by atoms with van der Waals surface area (Å²) in [6.45, 7) is 7.65. The lowest BCUT2D eigenvalue weighted by Crippen LogP contribution is -2.35. The molecule has 0 spiro atoms. The average Bonchev–Trinajstić information content (AvgIpc) is 2.82. The van der Waals surface area contributed by atoms with Gasteiger partial charge in [0.2, 0.25) is 0 Å². The van der Waals surface area contributed by atoms with Gasteiger partial charge in [0.1, 0.15) is 17.4 Å². The van der Waals surface area contributed by atoms with Crippen LogP contribution in [0.15, 0.2) is 28.1 Å². The van der Waals surface area contributed by atoms with Crippen molar-refractivity contribution in [2.45, 2.75) is 39.5 Å². The summed E-state index contributed by atoms with van der Waals surface area (Å²) in [6, 6.07) is 5.47. The smallest absolute Gasteiger partial charge is 0.134 e. The Morgan fingerprint density at radius 2 is 2.14 bits per heavy atom. The van der Waals surface area contributed by atoms with Gasteiger partial charge in [-0.15, -0.1) is 11.3 Å². The summed E-state index contributed by atoms with van der Waals surface area (Å²) in [4.78, 5) is 4.57. The minimum absolute atomic E-state index is 0.0938. The van der Waals surface area contributed by atoms with Gasteiger partial charge in [-0.2, -0.15) is 0 Å². The zero-order valence-corrected chi connectivity index (χ0v) is 15.4. The zero-order chi connectivity index (χ0) is 15.5. The first kappa shape index (κ1) is 16.7. The molecule has 21 heavy (non-hydrogen) atoms. The van der Waals surface area contributed by atoms with E-state index in [1.165, 1.54) is 0 Å². The van der Waals surface area contributed by atoms with Gasteiger partial charge in [-0.3, -0.25) is 0 Å². The van der Waals surface area contributed by atoms with Crippen molar-refractivity contribution in [3.05, 3.63) is 43.8 Å². The number of hydrogen-bond donors (Lipinski definition) is 1. The van der Waals surface area contributed by atoms with Crippen LogP contribution < -0.4 is 10.1 Å². The third-order valence-corrected chi connectivity index (χ3v) is 4.39. The molecular weight excluding hydrogens is 372 g/mol. The molecular formula is C15H18BrClN2OS. The fourth-order valence-electron chi connectivity index (χ4n) is 1.58. The molecule has 0 bridgehead atoms. The molecule has 3 nitrogen and oxygen atoms in total. The van der Waals surface area contributed by atoms with Crippen LogP contribution >= 0.6 is 38.9 Å². The molecule has 1 N–H and O–H groups in total. The summed E-state index contributed by atoms with van der Waals surface area (Å²) in [6.07, 6.45) is 0. The van der Waals surface area contributed by atoms with Crippen LogP contribution in [0.1, 0.15) is 31.5 Å². The number of benzene rings is 1. The lowest BCUT2D eigenvalue weighted by Gasteiger charge is -2.19. The molecule has 1 heterocycles. The number of hydrogen-bond acceptors (Lipinski definition) is 4. The topological polar surface area (TPSA) is 34.2 Å². The van der Waals surface area contributed by atoms with Gasteiger partial charge in [0, 0.05) is 22.5 Å². The first-order valence-corrected chi connectivity index (χ1v) is 8.65. The second kappa shape index (κ2) is 7.09. The molecule has 0 aliphatic heterocycles. The first-order valence-electron chi connectivity index (χ1n) is 6.60. The summed E-state index contributed by atoms with van der Waals surface area (Å²) in [5.74, 6) is 0.766. The predicted octanol–water partition coefficient (Wildman–Crippen LogP) is 5.03. The lowest BCUT2D eigenvalue weighted by atomic mass is 10.1. The summed E-state index contributed by atoms with van der Waals surface area (Å²) < 4.78 is 6.60. The van der Waals surface area contributed by atoms with Gasteiger partial charge in [0.15, 0.2) is 0 Å². The second-order valence-corrected chi connectivity index (χ2v) is 7.93. The summed E-state index contributed by atoms with van der Waals surface area (Å²) in [5.41, 5.74) is 1.03. The fraction of sp³-hybridized carbons (Fsp3) is 0.400. The van der Waals surface area contributed by atoms with Crippen molar-refractivity contribution in [1.29, 1.82) is 0 Å². The van der Waals surface area contributed by atoms with E-state index in [-0.39, 0.29) is 5.54 Å². The van der Waals surface area contributed by atoms with Gasteiger partial charge in [-0.25, -0.2) is 4.98 Å². The van der Waals surface area contributed by atoms with Crippen molar-refractivity contribution in [3.63, 3.8) is 0 Å². The van der Waals surface area contributed by atoms with Crippen LogP contribution in [-0.4, -0.2) is 10.5 Å². The van der Waals surface area contributed by atoms with Crippen molar-refractivity contribution in [2.75, 3.05) is 0 Å². The van der Waals surface area contributed by atoms with Crippen LogP contribution in [0, 0.1) is 0 Å². The van der Waals surface area contributed by atoms with Gasteiger partial charge in [0.25, 0.3) is 0 Å². The Labute approximate surface area is 142 Å². The minimum atomic E-state index is 0.0938. The van der Waals surface area contributed by atoms with Crippen molar-refractivity contribution in [2.24, 2.45) is 0 Å². The molecule has 0 aliphatic rings. The zero-order valence-electron chi connectivity index (χ0n) is 12.2. The van der Waals surface area contributed by atoms with E-state index in [0.717, 1.165) is 27.5 Å².